The fourth-order valence-electron chi connectivity index (χ4n) is 2.42. The fraction of sp³-hybridized carbons (Fsp3) is 0.600. The van der Waals surface area contributed by atoms with Crippen molar-refractivity contribution in [2.24, 2.45) is 5.92 Å². The molecule has 0 saturated carbocycles. The Morgan fingerprint density at radius 3 is 2.76 bits per heavy atom. The molecule has 2 rings (SSSR count). The summed E-state index contributed by atoms with van der Waals surface area (Å²) in [5.74, 6) is 0.738. The molecule has 2 heteroatoms. The lowest BCUT2D eigenvalue weighted by Gasteiger charge is -2.35. The van der Waals surface area contributed by atoms with Crippen LogP contribution >= 0.6 is 0 Å². The molecule has 1 fully saturated rings. The molecule has 2 nitrogen and oxygen atoms in total. The van der Waals surface area contributed by atoms with Gasteiger partial charge in [0.05, 0.1) is 0 Å². The Balaban J connectivity index is 1.89. The van der Waals surface area contributed by atoms with E-state index in [0.717, 1.165) is 19.0 Å². The maximum absolute atomic E-state index is 3.68. The SMILES string of the molecule is CC(C)CNC1CCCN(c2ccccc2)C1. The van der Waals surface area contributed by atoms with Crippen LogP contribution in [0.5, 0.6) is 0 Å². The van der Waals surface area contributed by atoms with Crippen molar-refractivity contribution in [3.63, 3.8) is 0 Å². The van der Waals surface area contributed by atoms with Gasteiger partial charge in [-0.2, -0.15) is 0 Å². The summed E-state index contributed by atoms with van der Waals surface area (Å²) < 4.78 is 0. The molecule has 94 valence electrons. The number of hydrogen-bond donors (Lipinski definition) is 1. The van der Waals surface area contributed by atoms with Gasteiger partial charge in [0.1, 0.15) is 0 Å². The number of para-hydroxylation sites is 1. The highest BCUT2D eigenvalue weighted by Crippen LogP contribution is 2.19. The monoisotopic (exact) mass is 232 g/mol. The highest BCUT2D eigenvalue weighted by Gasteiger charge is 2.19. The molecule has 1 heterocycles. The molecule has 0 spiro atoms. The number of anilines is 1. The first-order valence-corrected chi connectivity index (χ1v) is 6.79. The fourth-order valence-corrected chi connectivity index (χ4v) is 2.42. The van der Waals surface area contributed by atoms with Crippen LogP contribution in [0.1, 0.15) is 26.7 Å². The molecule has 17 heavy (non-hydrogen) atoms. The van der Waals surface area contributed by atoms with Crippen LogP contribution in [0.2, 0.25) is 0 Å². The lowest BCUT2D eigenvalue weighted by Crippen LogP contribution is -2.46. The first-order valence-electron chi connectivity index (χ1n) is 6.79. The first-order chi connectivity index (χ1) is 8.25. The van der Waals surface area contributed by atoms with E-state index < -0.39 is 0 Å². The number of hydrogen-bond acceptors (Lipinski definition) is 2. The van der Waals surface area contributed by atoms with Crippen molar-refractivity contribution in [2.45, 2.75) is 32.7 Å². The van der Waals surface area contributed by atoms with Gasteiger partial charge in [-0.25, -0.2) is 0 Å². The van der Waals surface area contributed by atoms with Crippen LogP contribution in [-0.2, 0) is 0 Å². The number of nitrogens with one attached hydrogen (secondary N) is 1. The van der Waals surface area contributed by atoms with Gasteiger partial charge in [0.25, 0.3) is 0 Å². The molecular formula is C15H24N2. The van der Waals surface area contributed by atoms with Gasteiger partial charge < -0.3 is 10.2 Å². The third kappa shape index (κ3) is 3.74. The van der Waals surface area contributed by atoms with Crippen LogP contribution in [0.3, 0.4) is 0 Å². The predicted octanol–water partition coefficient (Wildman–Crippen LogP) is 2.90. The van der Waals surface area contributed by atoms with Gasteiger partial charge in [0.15, 0.2) is 0 Å². The molecule has 0 amide bonds. The summed E-state index contributed by atoms with van der Waals surface area (Å²) in [4.78, 5) is 2.50. The molecule has 1 saturated heterocycles. The first kappa shape index (κ1) is 12.4. The lowest BCUT2D eigenvalue weighted by molar-refractivity contribution is 0.399. The summed E-state index contributed by atoms with van der Waals surface area (Å²) in [5.41, 5.74) is 1.36. The van der Waals surface area contributed by atoms with Crippen molar-refractivity contribution in [1.82, 2.24) is 5.32 Å². The number of nitrogens with zero attached hydrogens (tertiary/aromatic N) is 1. The molecule has 1 aliphatic heterocycles. The Morgan fingerprint density at radius 1 is 1.29 bits per heavy atom. The third-order valence-electron chi connectivity index (χ3n) is 3.36. The molecule has 1 aliphatic rings. The van der Waals surface area contributed by atoms with Crippen LogP contribution < -0.4 is 10.2 Å². The van der Waals surface area contributed by atoms with Gasteiger partial charge in [0.2, 0.25) is 0 Å². The van der Waals surface area contributed by atoms with Crippen molar-refractivity contribution < 1.29 is 0 Å². The third-order valence-corrected chi connectivity index (χ3v) is 3.36. The minimum absolute atomic E-state index is 0.659. The average molecular weight is 232 g/mol. The number of benzene rings is 1. The van der Waals surface area contributed by atoms with Crippen LogP contribution in [0.25, 0.3) is 0 Å². The van der Waals surface area contributed by atoms with Crippen LogP contribution in [-0.4, -0.2) is 25.7 Å². The second kappa shape index (κ2) is 6.06. The Hall–Kier alpha value is -1.02. The van der Waals surface area contributed by atoms with E-state index in [0.29, 0.717) is 6.04 Å². The minimum atomic E-state index is 0.659. The zero-order chi connectivity index (χ0) is 12.1. The minimum Gasteiger partial charge on any atom is -0.370 e. The van der Waals surface area contributed by atoms with Crippen molar-refractivity contribution in [3.8, 4) is 0 Å². The standard InChI is InChI=1S/C15H24N2/c1-13(2)11-16-14-7-6-10-17(12-14)15-8-4-3-5-9-15/h3-5,8-9,13-14,16H,6-7,10-12H2,1-2H3. The Labute approximate surface area is 105 Å². The average Bonchev–Trinajstić information content (AvgIpc) is 2.38. The van der Waals surface area contributed by atoms with Gasteiger partial charge in [-0.05, 0) is 37.4 Å². The number of rotatable bonds is 4. The smallest absolute Gasteiger partial charge is 0.0366 e. The summed E-state index contributed by atoms with van der Waals surface area (Å²) in [6.45, 7) is 8.02. The van der Waals surface area contributed by atoms with Gasteiger partial charge in [-0.3, -0.25) is 0 Å². The van der Waals surface area contributed by atoms with E-state index in [4.69, 9.17) is 0 Å². The Kier molecular flexibility index (Phi) is 4.43. The van der Waals surface area contributed by atoms with E-state index in [1.54, 1.807) is 0 Å². The molecule has 0 bridgehead atoms. The topological polar surface area (TPSA) is 15.3 Å². The second-order valence-corrected chi connectivity index (χ2v) is 5.42. The zero-order valence-electron chi connectivity index (χ0n) is 11.0. The van der Waals surface area contributed by atoms with Crippen LogP contribution in [0, 0.1) is 5.92 Å². The van der Waals surface area contributed by atoms with E-state index >= 15 is 0 Å². The Bertz CT molecular complexity index is 321. The van der Waals surface area contributed by atoms with E-state index in [-0.39, 0.29) is 0 Å². The van der Waals surface area contributed by atoms with Crippen molar-refractivity contribution in [2.75, 3.05) is 24.5 Å². The van der Waals surface area contributed by atoms with Gasteiger partial charge in [-0.1, -0.05) is 32.0 Å². The van der Waals surface area contributed by atoms with Crippen molar-refractivity contribution >= 4 is 5.69 Å². The van der Waals surface area contributed by atoms with Gasteiger partial charge in [0, 0.05) is 24.8 Å². The van der Waals surface area contributed by atoms with Crippen molar-refractivity contribution in [3.05, 3.63) is 30.3 Å². The zero-order valence-corrected chi connectivity index (χ0v) is 11.0. The van der Waals surface area contributed by atoms with Gasteiger partial charge in [-0.15, -0.1) is 0 Å². The molecule has 1 atom stereocenters. The molecule has 1 unspecified atom stereocenters. The summed E-state index contributed by atoms with van der Waals surface area (Å²) in [5, 5.41) is 3.68. The highest BCUT2D eigenvalue weighted by molar-refractivity contribution is 5.46. The normalized spacial score (nSPS) is 20.9. The maximum atomic E-state index is 3.68. The molecule has 0 aromatic heterocycles. The van der Waals surface area contributed by atoms with Crippen LogP contribution in [0.4, 0.5) is 5.69 Å². The van der Waals surface area contributed by atoms with E-state index in [1.165, 1.54) is 25.1 Å². The second-order valence-electron chi connectivity index (χ2n) is 5.42. The molecule has 1 aromatic rings. The van der Waals surface area contributed by atoms with E-state index in [1.807, 2.05) is 0 Å². The maximum Gasteiger partial charge on any atom is 0.0366 e. The van der Waals surface area contributed by atoms with Crippen molar-refractivity contribution in [1.29, 1.82) is 0 Å². The quantitative estimate of drug-likeness (QED) is 0.858. The largest absolute Gasteiger partial charge is 0.370 e. The van der Waals surface area contributed by atoms with E-state index in [9.17, 15) is 0 Å². The number of piperidine rings is 1. The van der Waals surface area contributed by atoms with Crippen LogP contribution in [0.15, 0.2) is 30.3 Å². The molecule has 0 aliphatic carbocycles. The molecule has 1 aromatic carbocycles. The highest BCUT2D eigenvalue weighted by atomic mass is 15.2. The summed E-state index contributed by atoms with van der Waals surface area (Å²) in [6.07, 6.45) is 2.61. The summed E-state index contributed by atoms with van der Waals surface area (Å²) >= 11 is 0. The Morgan fingerprint density at radius 2 is 2.06 bits per heavy atom. The summed E-state index contributed by atoms with van der Waals surface area (Å²) in [7, 11) is 0. The molecular weight excluding hydrogens is 208 g/mol. The predicted molar refractivity (Wildman–Crippen MR) is 74.5 cm³/mol. The lowest BCUT2D eigenvalue weighted by atomic mass is 10.0. The summed E-state index contributed by atoms with van der Waals surface area (Å²) in [6, 6.07) is 11.4. The molecule has 1 N–H and O–H groups in total. The van der Waals surface area contributed by atoms with Gasteiger partial charge >= 0.3 is 0 Å². The van der Waals surface area contributed by atoms with E-state index in [2.05, 4.69) is 54.4 Å². The molecule has 0 radical (unpaired) electrons.